The van der Waals surface area contributed by atoms with Crippen molar-refractivity contribution in [1.82, 2.24) is 4.98 Å². The van der Waals surface area contributed by atoms with Crippen LogP contribution in [0.3, 0.4) is 0 Å². The summed E-state index contributed by atoms with van der Waals surface area (Å²) in [5.74, 6) is 0.521. The molecule has 0 amide bonds. The third kappa shape index (κ3) is 1.63. The maximum absolute atomic E-state index is 13.2. The van der Waals surface area contributed by atoms with Crippen LogP contribution in [0.5, 0.6) is 0 Å². The molecule has 0 aliphatic heterocycles. The molecule has 3 atom stereocenters. The van der Waals surface area contributed by atoms with Crippen LogP contribution in [-0.4, -0.2) is 11.0 Å². The SMILES string of the molecule is CC12CCC(C1)C(C)(C)C2Nc1cncc(F)c1. The van der Waals surface area contributed by atoms with Gasteiger partial charge in [0.25, 0.3) is 0 Å². The summed E-state index contributed by atoms with van der Waals surface area (Å²) in [6, 6.07) is 1.95. The van der Waals surface area contributed by atoms with Gasteiger partial charge in [-0.15, -0.1) is 0 Å². The molecule has 2 nitrogen and oxygen atoms in total. The van der Waals surface area contributed by atoms with Crippen LogP contribution in [-0.2, 0) is 0 Å². The zero-order chi connectivity index (χ0) is 13.0. The molecule has 2 aliphatic rings. The highest BCUT2D eigenvalue weighted by Gasteiger charge is 2.59. The molecule has 0 aromatic carbocycles. The molecular weight excluding hydrogens is 227 g/mol. The van der Waals surface area contributed by atoms with Crippen molar-refractivity contribution in [2.45, 2.75) is 46.1 Å². The maximum Gasteiger partial charge on any atom is 0.143 e. The summed E-state index contributed by atoms with van der Waals surface area (Å²) in [5.41, 5.74) is 1.43. The zero-order valence-electron chi connectivity index (χ0n) is 11.3. The number of aromatic nitrogens is 1. The minimum atomic E-state index is -0.272. The second kappa shape index (κ2) is 3.69. The molecule has 3 unspecified atom stereocenters. The van der Waals surface area contributed by atoms with Gasteiger partial charge in [-0.25, -0.2) is 4.39 Å². The molecule has 2 bridgehead atoms. The van der Waals surface area contributed by atoms with E-state index in [-0.39, 0.29) is 11.2 Å². The van der Waals surface area contributed by atoms with Crippen molar-refractivity contribution in [1.29, 1.82) is 0 Å². The van der Waals surface area contributed by atoms with Gasteiger partial charge in [-0.2, -0.15) is 0 Å². The van der Waals surface area contributed by atoms with Crippen LogP contribution < -0.4 is 5.32 Å². The molecule has 0 saturated heterocycles. The number of nitrogens with zero attached hydrogens (tertiary/aromatic N) is 1. The average molecular weight is 248 g/mol. The molecule has 2 saturated carbocycles. The van der Waals surface area contributed by atoms with Gasteiger partial charge < -0.3 is 5.32 Å². The van der Waals surface area contributed by atoms with Gasteiger partial charge in [0.1, 0.15) is 5.82 Å². The summed E-state index contributed by atoms with van der Waals surface area (Å²) in [4.78, 5) is 3.92. The van der Waals surface area contributed by atoms with Crippen molar-refractivity contribution in [3.05, 3.63) is 24.3 Å². The normalized spacial score (nSPS) is 36.9. The standard InChI is InChI=1S/C15H21FN2/c1-14(2)10-4-5-15(3,7-10)13(14)18-12-6-11(16)8-17-9-12/h6,8-10,13,18H,4-5,7H2,1-3H3. The molecule has 2 aliphatic carbocycles. The first-order chi connectivity index (χ1) is 8.42. The van der Waals surface area contributed by atoms with E-state index in [1.54, 1.807) is 12.3 Å². The van der Waals surface area contributed by atoms with E-state index in [0.29, 0.717) is 11.5 Å². The van der Waals surface area contributed by atoms with Gasteiger partial charge in [-0.3, -0.25) is 4.98 Å². The van der Waals surface area contributed by atoms with E-state index in [0.717, 1.165) is 11.6 Å². The minimum absolute atomic E-state index is 0.272. The first-order valence-electron chi connectivity index (χ1n) is 6.79. The lowest BCUT2D eigenvalue weighted by atomic mass is 9.68. The fourth-order valence-electron chi connectivity index (χ4n) is 4.32. The molecule has 3 rings (SSSR count). The monoisotopic (exact) mass is 248 g/mol. The van der Waals surface area contributed by atoms with Crippen molar-refractivity contribution in [3.8, 4) is 0 Å². The van der Waals surface area contributed by atoms with Crippen LogP contribution >= 0.6 is 0 Å². The fraction of sp³-hybridized carbons (Fsp3) is 0.667. The van der Waals surface area contributed by atoms with E-state index in [1.807, 2.05) is 0 Å². The number of hydrogen-bond acceptors (Lipinski definition) is 2. The first kappa shape index (κ1) is 11.9. The molecular formula is C15H21FN2. The summed E-state index contributed by atoms with van der Waals surface area (Å²) in [7, 11) is 0. The van der Waals surface area contributed by atoms with Crippen molar-refractivity contribution >= 4 is 5.69 Å². The van der Waals surface area contributed by atoms with Crippen LogP contribution in [0.2, 0.25) is 0 Å². The summed E-state index contributed by atoms with van der Waals surface area (Å²) >= 11 is 0. The van der Waals surface area contributed by atoms with E-state index in [9.17, 15) is 4.39 Å². The summed E-state index contributed by atoms with van der Waals surface area (Å²) in [6.45, 7) is 7.05. The lowest BCUT2D eigenvalue weighted by Gasteiger charge is -2.43. The number of nitrogens with one attached hydrogen (secondary N) is 1. The third-order valence-electron chi connectivity index (χ3n) is 5.29. The second-order valence-corrected chi connectivity index (χ2v) is 6.88. The van der Waals surface area contributed by atoms with Gasteiger partial charge in [0.15, 0.2) is 0 Å². The highest BCUT2D eigenvalue weighted by atomic mass is 19.1. The van der Waals surface area contributed by atoms with Crippen molar-refractivity contribution in [2.75, 3.05) is 5.32 Å². The molecule has 3 heteroatoms. The third-order valence-corrected chi connectivity index (χ3v) is 5.29. The fourth-order valence-corrected chi connectivity index (χ4v) is 4.32. The van der Waals surface area contributed by atoms with Crippen LogP contribution in [0, 0.1) is 22.6 Å². The number of hydrogen-bond donors (Lipinski definition) is 1. The van der Waals surface area contributed by atoms with Crippen LogP contribution in [0.15, 0.2) is 18.5 Å². The van der Waals surface area contributed by atoms with Crippen molar-refractivity contribution in [3.63, 3.8) is 0 Å². The largest absolute Gasteiger partial charge is 0.380 e. The second-order valence-electron chi connectivity index (χ2n) is 6.88. The van der Waals surface area contributed by atoms with E-state index in [1.165, 1.54) is 25.5 Å². The lowest BCUT2D eigenvalue weighted by molar-refractivity contribution is 0.155. The zero-order valence-corrected chi connectivity index (χ0v) is 11.3. The Hall–Kier alpha value is -1.12. The number of fused-ring (bicyclic) bond motifs is 2. The van der Waals surface area contributed by atoms with Gasteiger partial charge >= 0.3 is 0 Å². The topological polar surface area (TPSA) is 24.9 Å². The van der Waals surface area contributed by atoms with Crippen molar-refractivity contribution in [2.24, 2.45) is 16.7 Å². The molecule has 1 heterocycles. The predicted molar refractivity (Wildman–Crippen MR) is 70.8 cm³/mol. The van der Waals surface area contributed by atoms with Crippen molar-refractivity contribution < 1.29 is 4.39 Å². The van der Waals surface area contributed by atoms with E-state index in [4.69, 9.17) is 0 Å². The van der Waals surface area contributed by atoms with Crippen LogP contribution in [0.4, 0.5) is 10.1 Å². The Morgan fingerprint density at radius 2 is 2.11 bits per heavy atom. The molecule has 1 N–H and O–H groups in total. The first-order valence-corrected chi connectivity index (χ1v) is 6.79. The predicted octanol–water partition coefficient (Wildman–Crippen LogP) is 3.85. The van der Waals surface area contributed by atoms with Gasteiger partial charge in [0, 0.05) is 12.1 Å². The average Bonchev–Trinajstić information content (AvgIpc) is 2.76. The van der Waals surface area contributed by atoms with Gasteiger partial charge in [-0.1, -0.05) is 20.8 Å². The number of rotatable bonds is 2. The summed E-state index contributed by atoms with van der Waals surface area (Å²) in [5, 5.41) is 3.54. The Kier molecular flexibility index (Phi) is 2.45. The van der Waals surface area contributed by atoms with E-state index < -0.39 is 0 Å². The molecule has 0 spiro atoms. The molecule has 2 fully saturated rings. The van der Waals surface area contributed by atoms with Gasteiger partial charge in [0.2, 0.25) is 0 Å². The Labute approximate surface area is 108 Å². The van der Waals surface area contributed by atoms with E-state index >= 15 is 0 Å². The highest BCUT2D eigenvalue weighted by molar-refractivity contribution is 5.43. The Morgan fingerprint density at radius 1 is 1.33 bits per heavy atom. The van der Waals surface area contributed by atoms with Gasteiger partial charge in [0.05, 0.1) is 18.1 Å². The summed E-state index contributed by atoms with van der Waals surface area (Å²) < 4.78 is 13.2. The highest BCUT2D eigenvalue weighted by Crippen LogP contribution is 2.63. The Balaban J connectivity index is 1.88. The molecule has 0 radical (unpaired) electrons. The molecule has 98 valence electrons. The number of pyridine rings is 1. The maximum atomic E-state index is 13.2. The molecule has 1 aromatic rings. The summed E-state index contributed by atoms with van der Waals surface area (Å²) in [6.07, 6.45) is 6.87. The Bertz CT molecular complexity index is 467. The number of anilines is 1. The smallest absolute Gasteiger partial charge is 0.143 e. The minimum Gasteiger partial charge on any atom is -0.380 e. The van der Waals surface area contributed by atoms with E-state index in [2.05, 4.69) is 31.1 Å². The molecule has 1 aromatic heterocycles. The number of halogens is 1. The Morgan fingerprint density at radius 3 is 2.72 bits per heavy atom. The van der Waals surface area contributed by atoms with Gasteiger partial charge in [-0.05, 0) is 36.0 Å². The lowest BCUT2D eigenvalue weighted by Crippen LogP contribution is -2.45. The quantitative estimate of drug-likeness (QED) is 0.860. The van der Waals surface area contributed by atoms with Crippen LogP contribution in [0.1, 0.15) is 40.0 Å². The van der Waals surface area contributed by atoms with Crippen LogP contribution in [0.25, 0.3) is 0 Å². The molecule has 18 heavy (non-hydrogen) atoms.